The molecule has 130 valence electrons. The molecule has 1 aliphatic rings. The van der Waals surface area contributed by atoms with Gasteiger partial charge in [-0.1, -0.05) is 6.07 Å². The number of nitrogens with zero attached hydrogens (tertiary/aromatic N) is 3. The van der Waals surface area contributed by atoms with Crippen LogP contribution in [0.15, 0.2) is 30.6 Å². The maximum Gasteiger partial charge on any atom is 0.0897 e. The number of hydrogen-bond donors (Lipinski definition) is 1. The molecular formula is C20H24N4S. The van der Waals surface area contributed by atoms with E-state index in [0.717, 1.165) is 18.0 Å². The van der Waals surface area contributed by atoms with Crippen molar-refractivity contribution < 1.29 is 0 Å². The lowest BCUT2D eigenvalue weighted by molar-refractivity contribution is 0.456. The van der Waals surface area contributed by atoms with Crippen LogP contribution < -0.4 is 5.32 Å². The summed E-state index contributed by atoms with van der Waals surface area (Å²) < 4.78 is 2.13. The van der Waals surface area contributed by atoms with E-state index in [0.29, 0.717) is 6.04 Å². The second-order valence-corrected chi connectivity index (χ2v) is 8.22. The molecule has 0 aliphatic heterocycles. The van der Waals surface area contributed by atoms with Crippen LogP contribution in [0, 0.1) is 20.8 Å². The molecule has 0 amide bonds. The number of aromatic nitrogens is 3. The van der Waals surface area contributed by atoms with Crippen LogP contribution in [0.4, 0.5) is 0 Å². The Morgan fingerprint density at radius 2 is 2.08 bits per heavy atom. The topological polar surface area (TPSA) is 42.7 Å². The first kappa shape index (κ1) is 16.5. The Bertz CT molecular complexity index is 893. The standard InChI is InChI=1S/C20H24N4S/c1-13-7-8-16(9-14(13)2)24-20-6-4-5-19(18(20)12-23-24)22-11-17-10-21-15(3)25-17/h7-10,12,19,22H,4-6,11H2,1-3H3. The van der Waals surface area contributed by atoms with E-state index in [2.05, 4.69) is 60.1 Å². The summed E-state index contributed by atoms with van der Waals surface area (Å²) in [5.74, 6) is 0. The van der Waals surface area contributed by atoms with Crippen LogP contribution in [0.25, 0.3) is 5.69 Å². The molecule has 3 aromatic rings. The Balaban J connectivity index is 1.58. The van der Waals surface area contributed by atoms with Gasteiger partial charge in [-0.05, 0) is 63.3 Å². The predicted octanol–water partition coefficient (Wildman–Crippen LogP) is 4.42. The highest BCUT2D eigenvalue weighted by Crippen LogP contribution is 2.31. The molecule has 0 saturated carbocycles. The van der Waals surface area contributed by atoms with E-state index in [9.17, 15) is 0 Å². The van der Waals surface area contributed by atoms with Gasteiger partial charge in [-0.15, -0.1) is 11.3 Å². The second kappa shape index (κ2) is 6.73. The molecule has 4 nitrogen and oxygen atoms in total. The van der Waals surface area contributed by atoms with Gasteiger partial charge in [0.15, 0.2) is 0 Å². The molecule has 0 fully saturated rings. The molecule has 1 unspecified atom stereocenters. The molecule has 25 heavy (non-hydrogen) atoms. The fourth-order valence-corrected chi connectivity index (χ4v) is 4.31. The number of hydrogen-bond acceptors (Lipinski definition) is 4. The zero-order valence-electron chi connectivity index (χ0n) is 15.0. The molecule has 4 rings (SSSR count). The molecule has 5 heteroatoms. The molecule has 0 radical (unpaired) electrons. The lowest BCUT2D eigenvalue weighted by Gasteiger charge is -2.24. The highest BCUT2D eigenvalue weighted by Gasteiger charge is 2.24. The van der Waals surface area contributed by atoms with E-state index in [1.54, 1.807) is 11.3 Å². The van der Waals surface area contributed by atoms with Crippen molar-refractivity contribution in [1.29, 1.82) is 0 Å². The van der Waals surface area contributed by atoms with E-state index in [4.69, 9.17) is 5.10 Å². The summed E-state index contributed by atoms with van der Waals surface area (Å²) in [7, 11) is 0. The summed E-state index contributed by atoms with van der Waals surface area (Å²) in [5.41, 5.74) is 6.51. The summed E-state index contributed by atoms with van der Waals surface area (Å²) in [5, 5.41) is 9.55. The predicted molar refractivity (Wildman–Crippen MR) is 102 cm³/mol. The van der Waals surface area contributed by atoms with Crippen LogP contribution in [0.5, 0.6) is 0 Å². The van der Waals surface area contributed by atoms with E-state index in [1.807, 2.05) is 6.20 Å². The van der Waals surface area contributed by atoms with Crippen molar-refractivity contribution in [3.63, 3.8) is 0 Å². The number of nitrogens with one attached hydrogen (secondary N) is 1. The van der Waals surface area contributed by atoms with Gasteiger partial charge < -0.3 is 5.32 Å². The van der Waals surface area contributed by atoms with Crippen LogP contribution in [0.3, 0.4) is 0 Å². The zero-order valence-corrected chi connectivity index (χ0v) is 15.9. The van der Waals surface area contributed by atoms with Gasteiger partial charge in [0.1, 0.15) is 0 Å². The maximum absolute atomic E-state index is 4.72. The first-order valence-corrected chi connectivity index (χ1v) is 9.72. The van der Waals surface area contributed by atoms with Crippen LogP contribution in [0.1, 0.15) is 51.2 Å². The molecular weight excluding hydrogens is 328 g/mol. The van der Waals surface area contributed by atoms with Crippen LogP contribution in [-0.2, 0) is 13.0 Å². The van der Waals surface area contributed by atoms with Crippen molar-refractivity contribution in [3.05, 3.63) is 62.9 Å². The summed E-state index contributed by atoms with van der Waals surface area (Å²) >= 11 is 1.77. The molecule has 1 N–H and O–H groups in total. The fraction of sp³-hybridized carbons (Fsp3) is 0.400. The zero-order chi connectivity index (χ0) is 17.4. The average molecular weight is 353 g/mol. The third-order valence-electron chi connectivity index (χ3n) is 5.11. The number of aryl methyl sites for hydroxylation is 3. The Hall–Kier alpha value is -1.98. The summed E-state index contributed by atoms with van der Waals surface area (Å²) in [4.78, 5) is 5.64. The molecule has 0 spiro atoms. The lowest BCUT2D eigenvalue weighted by Crippen LogP contribution is -2.24. The Labute approximate surface area is 152 Å². The first-order valence-electron chi connectivity index (χ1n) is 8.91. The lowest BCUT2D eigenvalue weighted by atomic mass is 9.93. The van der Waals surface area contributed by atoms with Gasteiger partial charge in [-0.3, -0.25) is 0 Å². The maximum atomic E-state index is 4.72. The third-order valence-corrected chi connectivity index (χ3v) is 6.02. The number of rotatable bonds is 4. The van der Waals surface area contributed by atoms with Gasteiger partial charge in [-0.25, -0.2) is 9.67 Å². The molecule has 2 heterocycles. The van der Waals surface area contributed by atoms with Crippen molar-refractivity contribution in [1.82, 2.24) is 20.1 Å². The first-order chi connectivity index (χ1) is 12.1. The van der Waals surface area contributed by atoms with Crippen molar-refractivity contribution in [3.8, 4) is 5.69 Å². The smallest absolute Gasteiger partial charge is 0.0897 e. The minimum Gasteiger partial charge on any atom is -0.305 e. The van der Waals surface area contributed by atoms with E-state index in [-0.39, 0.29) is 0 Å². The second-order valence-electron chi connectivity index (χ2n) is 6.90. The van der Waals surface area contributed by atoms with Gasteiger partial charge >= 0.3 is 0 Å². The molecule has 1 aliphatic carbocycles. The molecule has 2 aromatic heterocycles. The van der Waals surface area contributed by atoms with Gasteiger partial charge in [0.05, 0.1) is 16.9 Å². The Morgan fingerprint density at radius 3 is 2.84 bits per heavy atom. The number of benzene rings is 1. The fourth-order valence-electron chi connectivity index (χ4n) is 3.56. The van der Waals surface area contributed by atoms with Gasteiger partial charge in [-0.2, -0.15) is 5.10 Å². The van der Waals surface area contributed by atoms with Gasteiger partial charge in [0, 0.05) is 34.9 Å². The van der Waals surface area contributed by atoms with Crippen molar-refractivity contribution >= 4 is 11.3 Å². The molecule has 1 atom stereocenters. The Morgan fingerprint density at radius 1 is 1.20 bits per heavy atom. The Kier molecular flexibility index (Phi) is 4.44. The van der Waals surface area contributed by atoms with E-state index in [1.165, 1.54) is 45.8 Å². The molecule has 0 saturated heterocycles. The van der Waals surface area contributed by atoms with Crippen molar-refractivity contribution in [2.45, 2.75) is 52.6 Å². The summed E-state index contributed by atoms with van der Waals surface area (Å²) in [6.07, 6.45) is 7.50. The quantitative estimate of drug-likeness (QED) is 0.756. The largest absolute Gasteiger partial charge is 0.305 e. The summed E-state index contributed by atoms with van der Waals surface area (Å²) in [6, 6.07) is 6.97. The van der Waals surface area contributed by atoms with Crippen LogP contribution in [0.2, 0.25) is 0 Å². The highest BCUT2D eigenvalue weighted by molar-refractivity contribution is 7.11. The number of thiazole rings is 1. The van der Waals surface area contributed by atoms with Gasteiger partial charge in [0.2, 0.25) is 0 Å². The van der Waals surface area contributed by atoms with E-state index >= 15 is 0 Å². The average Bonchev–Trinajstić information content (AvgIpc) is 3.22. The highest BCUT2D eigenvalue weighted by atomic mass is 32.1. The normalized spacial score (nSPS) is 16.8. The third kappa shape index (κ3) is 3.26. The van der Waals surface area contributed by atoms with Crippen LogP contribution in [-0.4, -0.2) is 14.8 Å². The summed E-state index contributed by atoms with van der Waals surface area (Å²) in [6.45, 7) is 7.25. The monoisotopic (exact) mass is 352 g/mol. The van der Waals surface area contributed by atoms with Crippen molar-refractivity contribution in [2.75, 3.05) is 0 Å². The minimum atomic E-state index is 0.381. The van der Waals surface area contributed by atoms with Crippen molar-refractivity contribution in [2.24, 2.45) is 0 Å². The van der Waals surface area contributed by atoms with Gasteiger partial charge in [0.25, 0.3) is 0 Å². The number of fused-ring (bicyclic) bond motifs is 1. The molecule has 1 aromatic carbocycles. The molecule has 0 bridgehead atoms. The SMILES string of the molecule is Cc1ncc(CNC2CCCc3c2cnn3-c2ccc(C)c(C)c2)s1. The van der Waals surface area contributed by atoms with Crippen LogP contribution >= 0.6 is 11.3 Å². The van der Waals surface area contributed by atoms with E-state index < -0.39 is 0 Å². The minimum absolute atomic E-state index is 0.381.